The molecule has 1 atom stereocenters. The number of ether oxygens (including phenoxy) is 1. The fraction of sp³-hybridized carbons (Fsp3) is 0.238. The average molecular weight is 415 g/mol. The summed E-state index contributed by atoms with van der Waals surface area (Å²) in [6.45, 7) is 1.24. The molecule has 9 heteroatoms. The lowest BCUT2D eigenvalue weighted by molar-refractivity contribution is -0.149. The number of para-hydroxylation sites is 1. The number of hydrogen-bond donors (Lipinski definition) is 3. The second-order valence-corrected chi connectivity index (χ2v) is 6.51. The van der Waals surface area contributed by atoms with Crippen molar-refractivity contribution in [3.63, 3.8) is 0 Å². The van der Waals surface area contributed by atoms with Gasteiger partial charge in [0.2, 0.25) is 5.91 Å². The van der Waals surface area contributed by atoms with Crippen molar-refractivity contribution in [2.24, 2.45) is 5.73 Å². The summed E-state index contributed by atoms with van der Waals surface area (Å²) < 4.78 is 18.0. The number of primary amides is 1. The van der Waals surface area contributed by atoms with E-state index in [1.165, 1.54) is 12.1 Å². The maximum Gasteiger partial charge on any atom is 0.329 e. The van der Waals surface area contributed by atoms with E-state index < -0.39 is 42.2 Å². The molecular formula is C21H22FN3O5. The van der Waals surface area contributed by atoms with E-state index in [2.05, 4.69) is 10.6 Å². The minimum atomic E-state index is -1.21. The summed E-state index contributed by atoms with van der Waals surface area (Å²) in [5, 5.41) is 5.03. The van der Waals surface area contributed by atoms with Gasteiger partial charge in [-0.1, -0.05) is 18.2 Å². The Morgan fingerprint density at radius 1 is 1.07 bits per heavy atom. The van der Waals surface area contributed by atoms with Crippen LogP contribution in [0.25, 0.3) is 0 Å². The van der Waals surface area contributed by atoms with E-state index >= 15 is 0 Å². The highest BCUT2D eigenvalue weighted by molar-refractivity contribution is 5.97. The average Bonchev–Trinajstić information content (AvgIpc) is 2.71. The Morgan fingerprint density at radius 3 is 2.37 bits per heavy atom. The molecule has 4 N–H and O–H groups in total. The molecule has 158 valence electrons. The zero-order valence-corrected chi connectivity index (χ0v) is 16.3. The first-order valence-corrected chi connectivity index (χ1v) is 9.13. The van der Waals surface area contributed by atoms with Crippen molar-refractivity contribution in [3.8, 4) is 0 Å². The number of anilines is 1. The third-order valence-electron chi connectivity index (χ3n) is 4.14. The van der Waals surface area contributed by atoms with Gasteiger partial charge in [0.25, 0.3) is 11.8 Å². The quantitative estimate of drug-likeness (QED) is 0.537. The van der Waals surface area contributed by atoms with Crippen LogP contribution < -0.4 is 16.4 Å². The number of carbonyl (C=O) groups is 4. The Labute approximate surface area is 172 Å². The first kappa shape index (κ1) is 22.5. The SMILES string of the molecule is Cc1ccccc1NC(=O)COC(=O)[C@H](CCC(N)=O)NC(=O)c1ccc(F)cc1. The second-order valence-electron chi connectivity index (χ2n) is 6.51. The summed E-state index contributed by atoms with van der Waals surface area (Å²) in [6.07, 6.45) is -0.292. The lowest BCUT2D eigenvalue weighted by Gasteiger charge is -2.17. The van der Waals surface area contributed by atoms with Gasteiger partial charge >= 0.3 is 5.97 Å². The third-order valence-corrected chi connectivity index (χ3v) is 4.14. The Kier molecular flexibility index (Phi) is 8.04. The van der Waals surface area contributed by atoms with E-state index in [0.717, 1.165) is 17.7 Å². The highest BCUT2D eigenvalue weighted by Crippen LogP contribution is 2.13. The molecule has 2 rings (SSSR count). The molecule has 0 aromatic heterocycles. The van der Waals surface area contributed by atoms with Crippen LogP contribution in [0.3, 0.4) is 0 Å². The molecule has 0 spiro atoms. The number of rotatable bonds is 9. The van der Waals surface area contributed by atoms with Gasteiger partial charge < -0.3 is 21.1 Å². The minimum Gasteiger partial charge on any atom is -0.454 e. The molecule has 0 unspecified atom stereocenters. The number of amides is 3. The first-order valence-electron chi connectivity index (χ1n) is 9.13. The molecular weight excluding hydrogens is 393 g/mol. The smallest absolute Gasteiger partial charge is 0.329 e. The number of halogens is 1. The van der Waals surface area contributed by atoms with Crippen molar-refractivity contribution < 1.29 is 28.3 Å². The predicted molar refractivity (Wildman–Crippen MR) is 107 cm³/mol. The summed E-state index contributed by atoms with van der Waals surface area (Å²) in [5.74, 6) is -3.30. The molecule has 0 saturated carbocycles. The van der Waals surface area contributed by atoms with Crippen LogP contribution in [0.2, 0.25) is 0 Å². The number of nitrogens with one attached hydrogen (secondary N) is 2. The van der Waals surface area contributed by atoms with Crippen molar-refractivity contribution in [3.05, 3.63) is 65.5 Å². The van der Waals surface area contributed by atoms with Crippen molar-refractivity contribution >= 4 is 29.4 Å². The summed E-state index contributed by atoms with van der Waals surface area (Å²) in [7, 11) is 0. The Hall–Kier alpha value is -3.75. The fourth-order valence-corrected chi connectivity index (χ4v) is 2.52. The summed E-state index contributed by atoms with van der Waals surface area (Å²) in [5.41, 5.74) is 6.64. The van der Waals surface area contributed by atoms with E-state index in [0.29, 0.717) is 5.69 Å². The van der Waals surface area contributed by atoms with Gasteiger partial charge in [-0.15, -0.1) is 0 Å². The van der Waals surface area contributed by atoms with E-state index in [1.54, 1.807) is 12.1 Å². The Bertz CT molecular complexity index is 930. The second kappa shape index (κ2) is 10.7. The summed E-state index contributed by atoms with van der Waals surface area (Å²) in [4.78, 5) is 47.8. The largest absolute Gasteiger partial charge is 0.454 e. The van der Waals surface area contributed by atoms with Gasteiger partial charge in [0.1, 0.15) is 11.9 Å². The van der Waals surface area contributed by atoms with Gasteiger partial charge in [0.15, 0.2) is 6.61 Å². The topological polar surface area (TPSA) is 128 Å². The zero-order valence-electron chi connectivity index (χ0n) is 16.3. The zero-order chi connectivity index (χ0) is 22.1. The maximum atomic E-state index is 13.0. The van der Waals surface area contributed by atoms with E-state index in [-0.39, 0.29) is 18.4 Å². The van der Waals surface area contributed by atoms with Gasteiger partial charge in [0.05, 0.1) is 0 Å². The number of hydrogen-bond acceptors (Lipinski definition) is 5. The molecule has 0 bridgehead atoms. The van der Waals surface area contributed by atoms with Crippen molar-refractivity contribution in [1.82, 2.24) is 5.32 Å². The van der Waals surface area contributed by atoms with E-state index in [1.807, 2.05) is 19.1 Å². The third kappa shape index (κ3) is 7.01. The highest BCUT2D eigenvalue weighted by Gasteiger charge is 2.24. The van der Waals surface area contributed by atoms with Crippen LogP contribution >= 0.6 is 0 Å². The maximum absolute atomic E-state index is 13.0. The van der Waals surface area contributed by atoms with E-state index in [9.17, 15) is 23.6 Å². The van der Waals surface area contributed by atoms with Crippen LogP contribution in [0.1, 0.15) is 28.8 Å². The van der Waals surface area contributed by atoms with Crippen LogP contribution in [-0.4, -0.2) is 36.3 Å². The number of carbonyl (C=O) groups excluding carboxylic acids is 4. The van der Waals surface area contributed by atoms with Gasteiger partial charge in [-0.2, -0.15) is 0 Å². The number of benzene rings is 2. The lowest BCUT2D eigenvalue weighted by Crippen LogP contribution is -2.43. The van der Waals surface area contributed by atoms with Crippen LogP contribution in [0.15, 0.2) is 48.5 Å². The molecule has 3 amide bonds. The summed E-state index contributed by atoms with van der Waals surface area (Å²) in [6, 6.07) is 10.6. The highest BCUT2D eigenvalue weighted by atomic mass is 19.1. The van der Waals surface area contributed by atoms with Crippen LogP contribution in [0, 0.1) is 12.7 Å². The number of nitrogens with two attached hydrogens (primary N) is 1. The molecule has 0 aliphatic rings. The van der Waals surface area contributed by atoms with Gasteiger partial charge in [-0.25, -0.2) is 9.18 Å². The van der Waals surface area contributed by atoms with Crippen LogP contribution in [0.5, 0.6) is 0 Å². The Balaban J connectivity index is 1.97. The standard InChI is InChI=1S/C21H22FN3O5/c1-13-4-2-3-5-16(13)24-19(27)12-30-21(29)17(10-11-18(23)26)25-20(28)14-6-8-15(22)9-7-14/h2-9,17H,10-12H2,1H3,(H2,23,26)(H,24,27)(H,25,28)/t17-/m0/s1. The van der Waals surface area contributed by atoms with Gasteiger partial charge in [-0.05, 0) is 49.2 Å². The molecule has 2 aromatic rings. The van der Waals surface area contributed by atoms with Crippen LogP contribution in [0.4, 0.5) is 10.1 Å². The molecule has 0 heterocycles. The Morgan fingerprint density at radius 2 is 1.73 bits per heavy atom. The molecule has 2 aromatic carbocycles. The monoisotopic (exact) mass is 415 g/mol. The molecule has 0 fully saturated rings. The molecule has 30 heavy (non-hydrogen) atoms. The predicted octanol–water partition coefficient (Wildman–Crippen LogP) is 1.68. The minimum absolute atomic E-state index is 0.111. The number of aryl methyl sites for hydroxylation is 1. The van der Waals surface area contributed by atoms with Gasteiger partial charge in [0, 0.05) is 17.7 Å². The molecule has 8 nitrogen and oxygen atoms in total. The van der Waals surface area contributed by atoms with Gasteiger partial charge in [-0.3, -0.25) is 14.4 Å². The number of esters is 1. The van der Waals surface area contributed by atoms with Crippen molar-refractivity contribution in [2.75, 3.05) is 11.9 Å². The van der Waals surface area contributed by atoms with Crippen LogP contribution in [-0.2, 0) is 19.1 Å². The van der Waals surface area contributed by atoms with Crippen molar-refractivity contribution in [2.45, 2.75) is 25.8 Å². The molecule has 0 saturated heterocycles. The fourth-order valence-electron chi connectivity index (χ4n) is 2.52. The first-order chi connectivity index (χ1) is 14.3. The van der Waals surface area contributed by atoms with Crippen molar-refractivity contribution in [1.29, 1.82) is 0 Å². The molecule has 0 radical (unpaired) electrons. The molecule has 0 aliphatic carbocycles. The lowest BCUT2D eigenvalue weighted by atomic mass is 10.1. The summed E-state index contributed by atoms with van der Waals surface area (Å²) >= 11 is 0. The van der Waals surface area contributed by atoms with E-state index in [4.69, 9.17) is 10.5 Å². The molecule has 0 aliphatic heterocycles. The normalized spacial score (nSPS) is 11.3.